The molecule has 0 radical (unpaired) electrons. The minimum atomic E-state index is -1.12. The maximum Gasteiger partial charge on any atom is 0.407 e. The number of fused-ring (bicyclic) bond motifs is 3. The number of rotatable bonds is 16. The van der Waals surface area contributed by atoms with Crippen molar-refractivity contribution in [2.24, 2.45) is 17.8 Å². The molecule has 0 saturated carbocycles. The Labute approximate surface area is 259 Å². The first kappa shape index (κ1) is 34.3. The smallest absolute Gasteiger partial charge is 0.407 e. The molecule has 0 saturated heterocycles. The van der Waals surface area contributed by atoms with Gasteiger partial charge >= 0.3 is 12.1 Å². The first-order valence-electron chi connectivity index (χ1n) is 15.3. The van der Waals surface area contributed by atoms with Crippen LogP contribution in [0.15, 0.2) is 48.5 Å². The predicted molar refractivity (Wildman–Crippen MR) is 167 cm³/mol. The molecule has 1 aliphatic rings. The van der Waals surface area contributed by atoms with Gasteiger partial charge in [-0.05, 0) is 46.9 Å². The van der Waals surface area contributed by atoms with E-state index in [0.717, 1.165) is 22.3 Å². The van der Waals surface area contributed by atoms with Crippen molar-refractivity contribution in [3.63, 3.8) is 0 Å². The normalized spacial score (nSPS) is 14.2. The van der Waals surface area contributed by atoms with Crippen LogP contribution in [0.3, 0.4) is 0 Å². The number of carbonyl (C=O) groups is 5. The van der Waals surface area contributed by atoms with Crippen molar-refractivity contribution in [3.8, 4) is 11.1 Å². The molecule has 2 aromatic carbocycles. The fraction of sp³-hybridized carbons (Fsp3) is 0.500. The van der Waals surface area contributed by atoms with Crippen molar-refractivity contribution in [3.05, 3.63) is 59.7 Å². The summed E-state index contributed by atoms with van der Waals surface area (Å²) in [5.74, 6) is -3.05. The highest BCUT2D eigenvalue weighted by atomic mass is 16.5. The molecular weight excluding hydrogens is 562 g/mol. The highest BCUT2D eigenvalue weighted by molar-refractivity contribution is 5.93. The Morgan fingerprint density at radius 1 is 0.795 bits per heavy atom. The molecule has 0 aromatic heterocycles. The molecule has 0 heterocycles. The van der Waals surface area contributed by atoms with Gasteiger partial charge < -0.3 is 25.8 Å². The third-order valence-electron chi connectivity index (χ3n) is 7.67. The van der Waals surface area contributed by atoms with Gasteiger partial charge in [-0.2, -0.15) is 0 Å². The lowest BCUT2D eigenvalue weighted by atomic mass is 9.93. The lowest BCUT2D eigenvalue weighted by molar-refractivity contribution is -0.143. The van der Waals surface area contributed by atoms with E-state index in [0.29, 0.717) is 6.42 Å². The van der Waals surface area contributed by atoms with Gasteiger partial charge in [-0.1, -0.05) is 83.1 Å². The van der Waals surface area contributed by atoms with Crippen molar-refractivity contribution in [2.45, 2.75) is 78.3 Å². The lowest BCUT2D eigenvalue weighted by Gasteiger charge is -2.22. The minimum Gasteiger partial charge on any atom is -0.480 e. The largest absolute Gasteiger partial charge is 0.480 e. The fourth-order valence-electron chi connectivity index (χ4n) is 5.48. The predicted octanol–water partition coefficient (Wildman–Crippen LogP) is 4.66. The molecule has 0 bridgehead atoms. The second-order valence-corrected chi connectivity index (χ2v) is 12.4. The van der Waals surface area contributed by atoms with E-state index in [1.165, 1.54) is 0 Å². The number of benzene rings is 2. The van der Waals surface area contributed by atoms with E-state index in [1.54, 1.807) is 6.92 Å². The number of ketones is 1. The molecular formula is C34H45N3O7. The van der Waals surface area contributed by atoms with Gasteiger partial charge in [-0.3, -0.25) is 14.4 Å². The molecule has 44 heavy (non-hydrogen) atoms. The number of carboxylic acid groups (broad SMARTS) is 1. The van der Waals surface area contributed by atoms with E-state index < -0.39 is 41.9 Å². The molecule has 238 valence electrons. The summed E-state index contributed by atoms with van der Waals surface area (Å²) in [5.41, 5.74) is 4.46. The molecule has 4 N–H and O–H groups in total. The van der Waals surface area contributed by atoms with Crippen molar-refractivity contribution in [1.29, 1.82) is 0 Å². The molecule has 0 spiro atoms. The van der Waals surface area contributed by atoms with E-state index in [9.17, 15) is 29.1 Å². The van der Waals surface area contributed by atoms with Crippen LogP contribution < -0.4 is 16.0 Å². The summed E-state index contributed by atoms with van der Waals surface area (Å²) < 4.78 is 5.51. The SMILES string of the molecule is CC(C)C[C@H](NC(=O)[C@H](C)CC(=O)[C@H](CC(C)C)NC(=O)CCNC(=O)OCC1c2ccccc2-c2ccccc21)C(=O)O. The van der Waals surface area contributed by atoms with E-state index in [1.807, 2.05) is 64.1 Å². The zero-order chi connectivity index (χ0) is 32.4. The van der Waals surface area contributed by atoms with Crippen LogP contribution in [-0.2, 0) is 23.9 Å². The first-order valence-corrected chi connectivity index (χ1v) is 15.3. The average Bonchev–Trinajstić information content (AvgIpc) is 3.28. The first-order chi connectivity index (χ1) is 20.9. The number of alkyl carbamates (subject to hydrolysis) is 1. The van der Waals surface area contributed by atoms with Gasteiger partial charge in [0.15, 0.2) is 5.78 Å². The monoisotopic (exact) mass is 607 g/mol. The van der Waals surface area contributed by atoms with Crippen LogP contribution in [0.5, 0.6) is 0 Å². The third kappa shape index (κ3) is 9.65. The number of hydrogen-bond donors (Lipinski definition) is 4. The zero-order valence-corrected chi connectivity index (χ0v) is 26.2. The molecule has 0 aliphatic heterocycles. The van der Waals surface area contributed by atoms with Crippen LogP contribution in [0.4, 0.5) is 4.79 Å². The van der Waals surface area contributed by atoms with E-state index in [-0.39, 0.29) is 56.0 Å². The van der Waals surface area contributed by atoms with E-state index in [2.05, 4.69) is 28.1 Å². The number of ether oxygens (including phenoxy) is 1. The Bertz CT molecular complexity index is 1290. The Hall–Kier alpha value is -4.21. The van der Waals surface area contributed by atoms with Gasteiger partial charge in [0.2, 0.25) is 11.8 Å². The van der Waals surface area contributed by atoms with Crippen LogP contribution in [0, 0.1) is 17.8 Å². The Morgan fingerprint density at radius 2 is 1.34 bits per heavy atom. The lowest BCUT2D eigenvalue weighted by Crippen LogP contribution is -2.46. The summed E-state index contributed by atoms with van der Waals surface area (Å²) in [5, 5.41) is 17.3. The van der Waals surface area contributed by atoms with Gasteiger partial charge in [-0.25, -0.2) is 9.59 Å². The van der Waals surface area contributed by atoms with Gasteiger partial charge in [-0.15, -0.1) is 0 Å². The van der Waals surface area contributed by atoms with Crippen LogP contribution in [0.25, 0.3) is 11.1 Å². The summed E-state index contributed by atoms with van der Waals surface area (Å²) in [7, 11) is 0. The topological polar surface area (TPSA) is 151 Å². The van der Waals surface area contributed by atoms with Crippen molar-refractivity contribution in [1.82, 2.24) is 16.0 Å². The van der Waals surface area contributed by atoms with Gasteiger partial charge in [0, 0.05) is 31.2 Å². The summed E-state index contributed by atoms with van der Waals surface area (Å²) in [6.45, 7) is 9.32. The summed E-state index contributed by atoms with van der Waals surface area (Å²) in [4.78, 5) is 62.4. The highest BCUT2D eigenvalue weighted by Crippen LogP contribution is 2.44. The number of nitrogens with one attached hydrogen (secondary N) is 3. The Morgan fingerprint density at radius 3 is 1.89 bits per heavy atom. The Kier molecular flexibility index (Phi) is 12.5. The molecule has 0 unspecified atom stereocenters. The average molecular weight is 608 g/mol. The summed E-state index contributed by atoms with van der Waals surface area (Å²) >= 11 is 0. The molecule has 10 nitrogen and oxygen atoms in total. The van der Waals surface area contributed by atoms with Gasteiger partial charge in [0.1, 0.15) is 12.6 Å². The van der Waals surface area contributed by atoms with E-state index >= 15 is 0 Å². The second kappa shape index (κ2) is 16.0. The quantitative estimate of drug-likeness (QED) is 0.217. The fourth-order valence-corrected chi connectivity index (χ4v) is 5.48. The van der Waals surface area contributed by atoms with Crippen LogP contribution >= 0.6 is 0 Å². The standard InChI is InChI=1S/C34H45N3O7/c1-20(2)16-28(30(38)18-22(5)32(40)37-29(33(41)42)17-21(3)4)36-31(39)14-15-35-34(43)44-19-27-25-12-8-6-10-23(25)24-11-7-9-13-26(24)27/h6-13,20-22,27-29H,14-19H2,1-5H3,(H,35,43)(H,36,39)(H,37,40)(H,41,42)/t22-,28+,29+/m1/s1. The summed E-state index contributed by atoms with van der Waals surface area (Å²) in [6.07, 6.45) is -0.180. The minimum absolute atomic E-state index is 0.0241. The van der Waals surface area contributed by atoms with Crippen molar-refractivity contribution < 1.29 is 33.8 Å². The van der Waals surface area contributed by atoms with Crippen LogP contribution in [-0.4, -0.2) is 60.0 Å². The van der Waals surface area contributed by atoms with Crippen LogP contribution in [0.1, 0.15) is 77.3 Å². The molecule has 3 rings (SSSR count). The maximum atomic E-state index is 13.1. The number of carboxylic acids is 1. The van der Waals surface area contributed by atoms with Gasteiger partial charge in [0.05, 0.1) is 6.04 Å². The number of carbonyl (C=O) groups excluding carboxylic acids is 4. The highest BCUT2D eigenvalue weighted by Gasteiger charge is 2.30. The number of aliphatic carboxylic acids is 1. The molecule has 1 aliphatic carbocycles. The molecule has 3 atom stereocenters. The number of Topliss-reactive ketones (excluding diaryl/α,β-unsaturated/α-hetero) is 1. The van der Waals surface area contributed by atoms with Gasteiger partial charge in [0.25, 0.3) is 0 Å². The number of amides is 3. The number of hydrogen-bond acceptors (Lipinski definition) is 6. The molecule has 10 heteroatoms. The molecule has 2 aromatic rings. The Balaban J connectivity index is 1.46. The van der Waals surface area contributed by atoms with Crippen molar-refractivity contribution >= 4 is 29.7 Å². The van der Waals surface area contributed by atoms with Crippen molar-refractivity contribution in [2.75, 3.05) is 13.2 Å². The maximum absolute atomic E-state index is 13.1. The molecule has 0 fully saturated rings. The van der Waals surface area contributed by atoms with Crippen LogP contribution in [0.2, 0.25) is 0 Å². The summed E-state index contributed by atoms with van der Waals surface area (Å²) in [6, 6.07) is 14.2. The molecule has 3 amide bonds. The van der Waals surface area contributed by atoms with E-state index in [4.69, 9.17) is 4.74 Å². The second-order valence-electron chi connectivity index (χ2n) is 12.4. The third-order valence-corrected chi connectivity index (χ3v) is 7.67. The zero-order valence-electron chi connectivity index (χ0n) is 26.2.